The lowest BCUT2D eigenvalue weighted by Gasteiger charge is -2.13. The molecule has 1 N–H and O–H groups in total. The van der Waals surface area contributed by atoms with Gasteiger partial charge < -0.3 is 5.32 Å². The SMILES string of the molecule is CC(C)Nc1cccc(-c2cn(C(C)c3cccc(Cl)c3F)nn2)c1. The fourth-order valence-corrected chi connectivity index (χ4v) is 2.87. The van der Waals surface area contributed by atoms with Gasteiger partial charge in [-0.2, -0.15) is 0 Å². The summed E-state index contributed by atoms with van der Waals surface area (Å²) < 4.78 is 15.9. The first-order valence-corrected chi connectivity index (χ1v) is 8.56. The molecule has 0 amide bonds. The molecular weight excluding hydrogens is 339 g/mol. The van der Waals surface area contributed by atoms with Crippen molar-refractivity contribution in [3.8, 4) is 11.3 Å². The van der Waals surface area contributed by atoms with Crippen LogP contribution in [0.5, 0.6) is 0 Å². The van der Waals surface area contributed by atoms with E-state index in [-0.39, 0.29) is 11.1 Å². The number of rotatable bonds is 5. The van der Waals surface area contributed by atoms with E-state index >= 15 is 0 Å². The monoisotopic (exact) mass is 358 g/mol. The van der Waals surface area contributed by atoms with Crippen molar-refractivity contribution in [2.75, 3.05) is 5.32 Å². The van der Waals surface area contributed by atoms with Crippen molar-refractivity contribution in [2.45, 2.75) is 32.9 Å². The van der Waals surface area contributed by atoms with Crippen LogP contribution in [0.1, 0.15) is 32.4 Å². The number of hydrogen-bond acceptors (Lipinski definition) is 3. The van der Waals surface area contributed by atoms with Gasteiger partial charge in [-0.05, 0) is 39.0 Å². The topological polar surface area (TPSA) is 42.7 Å². The van der Waals surface area contributed by atoms with E-state index in [0.717, 1.165) is 16.9 Å². The summed E-state index contributed by atoms with van der Waals surface area (Å²) in [6.07, 6.45) is 1.82. The van der Waals surface area contributed by atoms with E-state index in [1.54, 1.807) is 16.8 Å². The highest BCUT2D eigenvalue weighted by Gasteiger charge is 2.17. The van der Waals surface area contributed by atoms with Crippen molar-refractivity contribution >= 4 is 17.3 Å². The van der Waals surface area contributed by atoms with E-state index in [1.807, 2.05) is 37.4 Å². The molecule has 0 aliphatic heterocycles. The van der Waals surface area contributed by atoms with Crippen molar-refractivity contribution in [2.24, 2.45) is 0 Å². The Morgan fingerprint density at radius 3 is 2.64 bits per heavy atom. The number of aromatic nitrogens is 3. The maximum absolute atomic E-state index is 14.2. The molecule has 0 saturated carbocycles. The highest BCUT2D eigenvalue weighted by Crippen LogP contribution is 2.27. The van der Waals surface area contributed by atoms with Gasteiger partial charge in [0, 0.05) is 22.9 Å². The standard InChI is InChI=1S/C19H20ClFN4/c1-12(2)22-15-7-4-6-14(10-15)18-11-25(24-23-18)13(3)16-8-5-9-17(20)19(16)21/h4-13,22H,1-3H3. The van der Waals surface area contributed by atoms with E-state index in [0.29, 0.717) is 11.6 Å². The molecule has 2 aromatic carbocycles. The molecule has 0 spiro atoms. The van der Waals surface area contributed by atoms with E-state index in [4.69, 9.17) is 11.6 Å². The smallest absolute Gasteiger partial charge is 0.147 e. The van der Waals surface area contributed by atoms with Crippen LogP contribution in [0.25, 0.3) is 11.3 Å². The first-order valence-electron chi connectivity index (χ1n) is 8.18. The lowest BCUT2D eigenvalue weighted by Crippen LogP contribution is -2.09. The van der Waals surface area contributed by atoms with E-state index in [9.17, 15) is 4.39 Å². The van der Waals surface area contributed by atoms with Gasteiger partial charge in [0.1, 0.15) is 11.5 Å². The Labute approximate surface area is 151 Å². The zero-order chi connectivity index (χ0) is 18.0. The van der Waals surface area contributed by atoms with Gasteiger partial charge in [-0.1, -0.05) is 41.1 Å². The molecule has 4 nitrogen and oxygen atoms in total. The van der Waals surface area contributed by atoms with E-state index < -0.39 is 5.82 Å². The molecule has 1 atom stereocenters. The van der Waals surface area contributed by atoms with Gasteiger partial charge in [0.05, 0.1) is 17.3 Å². The Bertz CT molecular complexity index is 875. The second-order valence-electron chi connectivity index (χ2n) is 6.28. The second-order valence-corrected chi connectivity index (χ2v) is 6.69. The summed E-state index contributed by atoms with van der Waals surface area (Å²) in [6, 6.07) is 13.0. The Morgan fingerprint density at radius 1 is 1.12 bits per heavy atom. The Kier molecular flexibility index (Phi) is 5.04. The van der Waals surface area contributed by atoms with Gasteiger partial charge >= 0.3 is 0 Å². The first-order chi connectivity index (χ1) is 12.0. The number of anilines is 1. The van der Waals surface area contributed by atoms with Crippen molar-refractivity contribution in [3.63, 3.8) is 0 Å². The Morgan fingerprint density at radius 2 is 1.88 bits per heavy atom. The minimum absolute atomic E-state index is 0.108. The fraction of sp³-hybridized carbons (Fsp3) is 0.263. The summed E-state index contributed by atoms with van der Waals surface area (Å²) in [7, 11) is 0. The number of halogens is 2. The van der Waals surface area contributed by atoms with Gasteiger partial charge in [-0.15, -0.1) is 5.10 Å². The lowest BCUT2D eigenvalue weighted by molar-refractivity contribution is 0.508. The Hall–Kier alpha value is -2.40. The number of hydrogen-bond donors (Lipinski definition) is 1. The summed E-state index contributed by atoms with van der Waals surface area (Å²) in [5, 5.41) is 11.9. The van der Waals surface area contributed by atoms with Crippen molar-refractivity contribution in [1.82, 2.24) is 15.0 Å². The van der Waals surface area contributed by atoms with Gasteiger partial charge in [-0.3, -0.25) is 0 Å². The van der Waals surface area contributed by atoms with Crippen LogP contribution in [0, 0.1) is 5.82 Å². The molecular formula is C19H20ClFN4. The average molecular weight is 359 g/mol. The predicted molar refractivity (Wildman–Crippen MR) is 99.4 cm³/mol. The summed E-state index contributed by atoms with van der Waals surface area (Å²) in [4.78, 5) is 0. The van der Waals surface area contributed by atoms with Crippen LogP contribution in [0.15, 0.2) is 48.7 Å². The summed E-state index contributed by atoms with van der Waals surface area (Å²) in [5.74, 6) is -0.420. The highest BCUT2D eigenvalue weighted by molar-refractivity contribution is 6.30. The van der Waals surface area contributed by atoms with Crippen LogP contribution in [-0.4, -0.2) is 21.0 Å². The van der Waals surface area contributed by atoms with E-state index in [2.05, 4.69) is 29.5 Å². The number of nitrogens with zero attached hydrogens (tertiary/aromatic N) is 3. The average Bonchev–Trinajstić information content (AvgIpc) is 3.06. The molecule has 1 aromatic heterocycles. The molecule has 0 aliphatic rings. The minimum atomic E-state index is -0.420. The van der Waals surface area contributed by atoms with Crippen LogP contribution >= 0.6 is 11.6 Å². The molecule has 130 valence electrons. The molecule has 6 heteroatoms. The van der Waals surface area contributed by atoms with Crippen LogP contribution < -0.4 is 5.32 Å². The predicted octanol–water partition coefficient (Wildman–Crippen LogP) is 5.17. The van der Waals surface area contributed by atoms with Crippen molar-refractivity contribution < 1.29 is 4.39 Å². The Balaban J connectivity index is 1.88. The third kappa shape index (κ3) is 3.82. The zero-order valence-electron chi connectivity index (χ0n) is 14.4. The third-order valence-electron chi connectivity index (χ3n) is 3.95. The van der Waals surface area contributed by atoms with Crippen LogP contribution in [0.4, 0.5) is 10.1 Å². The zero-order valence-corrected chi connectivity index (χ0v) is 15.1. The second kappa shape index (κ2) is 7.23. The number of nitrogens with one attached hydrogen (secondary N) is 1. The fourth-order valence-electron chi connectivity index (χ4n) is 2.69. The molecule has 0 fully saturated rings. The summed E-state index contributed by atoms with van der Waals surface area (Å²) in [5.41, 5.74) is 3.20. The van der Waals surface area contributed by atoms with Gasteiger partial charge in [-0.25, -0.2) is 9.07 Å². The molecule has 3 aromatic rings. The quantitative estimate of drug-likeness (QED) is 0.684. The maximum Gasteiger partial charge on any atom is 0.147 e. The van der Waals surface area contributed by atoms with Crippen molar-refractivity contribution in [1.29, 1.82) is 0 Å². The maximum atomic E-state index is 14.2. The van der Waals surface area contributed by atoms with Crippen LogP contribution in [-0.2, 0) is 0 Å². The molecule has 0 bridgehead atoms. The highest BCUT2D eigenvalue weighted by atomic mass is 35.5. The molecule has 0 radical (unpaired) electrons. The van der Waals surface area contributed by atoms with Crippen LogP contribution in [0.3, 0.4) is 0 Å². The van der Waals surface area contributed by atoms with E-state index in [1.165, 1.54) is 6.07 Å². The van der Waals surface area contributed by atoms with Crippen LogP contribution in [0.2, 0.25) is 5.02 Å². The van der Waals surface area contributed by atoms with Gasteiger partial charge in [0.15, 0.2) is 0 Å². The molecule has 1 heterocycles. The summed E-state index contributed by atoms with van der Waals surface area (Å²) in [6.45, 7) is 6.04. The molecule has 3 rings (SSSR count). The normalized spacial score (nSPS) is 12.4. The molecule has 0 aliphatic carbocycles. The number of benzene rings is 2. The molecule has 0 saturated heterocycles. The first kappa shape index (κ1) is 17.4. The minimum Gasteiger partial charge on any atom is -0.383 e. The largest absolute Gasteiger partial charge is 0.383 e. The van der Waals surface area contributed by atoms with Crippen molar-refractivity contribution in [3.05, 3.63) is 65.1 Å². The van der Waals surface area contributed by atoms with Gasteiger partial charge in [0.2, 0.25) is 0 Å². The molecule has 1 unspecified atom stereocenters. The lowest BCUT2D eigenvalue weighted by atomic mass is 10.1. The summed E-state index contributed by atoms with van der Waals surface area (Å²) >= 11 is 5.88. The molecule has 25 heavy (non-hydrogen) atoms. The third-order valence-corrected chi connectivity index (χ3v) is 4.24. The van der Waals surface area contributed by atoms with Gasteiger partial charge in [0.25, 0.3) is 0 Å².